The monoisotopic (exact) mass is 335 g/mol. The van der Waals surface area contributed by atoms with Gasteiger partial charge in [0, 0.05) is 24.6 Å². The maximum absolute atomic E-state index is 12.4. The molecular weight excluding hydrogens is 318 g/mol. The van der Waals surface area contributed by atoms with Gasteiger partial charge in [-0.1, -0.05) is 12.2 Å². The normalized spacial score (nSPS) is 14.0. The van der Waals surface area contributed by atoms with Crippen molar-refractivity contribution in [3.63, 3.8) is 0 Å². The van der Waals surface area contributed by atoms with E-state index in [4.69, 9.17) is 15.6 Å². The van der Waals surface area contributed by atoms with Gasteiger partial charge in [0.05, 0.1) is 12.0 Å². The minimum atomic E-state index is -1.20. The first-order valence-electron chi connectivity index (χ1n) is 7.17. The molecule has 2 rings (SSSR count). The molecule has 1 amide bonds. The van der Waals surface area contributed by atoms with Crippen molar-refractivity contribution >= 4 is 29.3 Å². The Bertz CT molecular complexity index is 715. The van der Waals surface area contributed by atoms with Crippen molar-refractivity contribution in [3.8, 4) is 5.75 Å². The number of fused-ring (bicyclic) bond motifs is 1. The van der Waals surface area contributed by atoms with Gasteiger partial charge in [0.2, 0.25) is 5.91 Å². The Morgan fingerprint density at radius 3 is 2.79 bits per heavy atom. The van der Waals surface area contributed by atoms with Crippen molar-refractivity contribution in [2.75, 3.05) is 18.6 Å². The molecule has 0 saturated heterocycles. The third kappa shape index (κ3) is 3.35. The second-order valence-electron chi connectivity index (χ2n) is 5.20. The third-order valence-corrected chi connectivity index (χ3v) is 3.70. The lowest BCUT2D eigenvalue weighted by molar-refractivity contribution is -0.384. The van der Waals surface area contributed by atoms with Crippen molar-refractivity contribution in [2.45, 2.75) is 18.9 Å². The number of nitrogens with two attached hydrogens (primary N) is 1. The number of benzene rings is 1. The molecular formula is C15H17N3O6. The van der Waals surface area contributed by atoms with Crippen molar-refractivity contribution in [1.29, 1.82) is 0 Å². The van der Waals surface area contributed by atoms with Crippen molar-refractivity contribution in [3.05, 3.63) is 33.9 Å². The van der Waals surface area contributed by atoms with Gasteiger partial charge in [0.1, 0.15) is 17.5 Å². The molecule has 128 valence electrons. The van der Waals surface area contributed by atoms with Crippen LogP contribution < -0.4 is 15.4 Å². The molecule has 3 N–H and O–H groups in total. The molecule has 1 atom stereocenters. The average molecular weight is 335 g/mol. The van der Waals surface area contributed by atoms with Crippen molar-refractivity contribution in [2.24, 2.45) is 5.73 Å². The molecule has 9 heteroatoms. The second-order valence-corrected chi connectivity index (χ2v) is 5.20. The summed E-state index contributed by atoms with van der Waals surface area (Å²) in [5, 5.41) is 20.1. The minimum absolute atomic E-state index is 0.0541. The number of anilines is 1. The van der Waals surface area contributed by atoms with E-state index in [1.807, 2.05) is 0 Å². The topological polar surface area (TPSA) is 136 Å². The molecule has 24 heavy (non-hydrogen) atoms. The van der Waals surface area contributed by atoms with E-state index in [0.29, 0.717) is 11.3 Å². The number of nitro groups is 1. The van der Waals surface area contributed by atoms with Crippen LogP contribution in [0, 0.1) is 10.1 Å². The van der Waals surface area contributed by atoms with Gasteiger partial charge >= 0.3 is 5.97 Å². The molecule has 0 spiro atoms. The highest BCUT2D eigenvalue weighted by molar-refractivity contribution is 6.01. The number of ether oxygens (including phenoxy) is 1. The van der Waals surface area contributed by atoms with Crippen LogP contribution in [-0.2, 0) is 9.59 Å². The van der Waals surface area contributed by atoms with E-state index >= 15 is 0 Å². The molecule has 1 aliphatic heterocycles. The lowest BCUT2D eigenvalue weighted by atomic mass is 10.0. The van der Waals surface area contributed by atoms with Crippen molar-refractivity contribution < 1.29 is 24.4 Å². The number of carbonyl (C=O) groups is 2. The van der Waals surface area contributed by atoms with Crippen LogP contribution in [0.15, 0.2) is 18.2 Å². The van der Waals surface area contributed by atoms with Crippen LogP contribution in [0.3, 0.4) is 0 Å². The fourth-order valence-electron chi connectivity index (χ4n) is 2.48. The average Bonchev–Trinajstić information content (AvgIpc) is 2.57. The maximum atomic E-state index is 12.4. The summed E-state index contributed by atoms with van der Waals surface area (Å²) >= 11 is 0. The van der Waals surface area contributed by atoms with E-state index in [9.17, 15) is 19.7 Å². The molecule has 0 aliphatic carbocycles. The Balaban J connectivity index is 2.36. The molecule has 0 aromatic heterocycles. The van der Waals surface area contributed by atoms with Crippen molar-refractivity contribution in [1.82, 2.24) is 0 Å². The highest BCUT2D eigenvalue weighted by atomic mass is 16.6. The predicted molar refractivity (Wildman–Crippen MR) is 85.9 cm³/mol. The second kappa shape index (κ2) is 7.09. The fraction of sp³-hybridized carbons (Fsp3) is 0.333. The SMILES string of the molecule is COc1ccc([N+](=O)[O-])c2c1C=CCN2C(=O)CCC(N)C(=O)O. The summed E-state index contributed by atoms with van der Waals surface area (Å²) in [5.74, 6) is -1.23. The molecule has 1 aromatic rings. The largest absolute Gasteiger partial charge is 0.496 e. The minimum Gasteiger partial charge on any atom is -0.496 e. The molecule has 0 bridgehead atoms. The number of carboxylic acid groups (broad SMARTS) is 1. The summed E-state index contributed by atoms with van der Waals surface area (Å²) in [6.45, 7) is 0.155. The number of carbonyl (C=O) groups excluding carboxylic acids is 1. The number of amides is 1. The molecule has 1 aliphatic rings. The highest BCUT2D eigenvalue weighted by Gasteiger charge is 2.30. The standard InChI is InChI=1S/C15H17N3O6/c1-24-12-6-5-11(18(22)23)14-9(12)3-2-8-17(14)13(19)7-4-10(16)15(20)21/h2-3,5-6,10H,4,7-8,16H2,1H3,(H,20,21). The number of nitrogens with zero attached hydrogens (tertiary/aromatic N) is 2. The first kappa shape index (κ1) is 17.4. The predicted octanol–water partition coefficient (Wildman–Crippen LogP) is 1.16. The van der Waals surface area contributed by atoms with Crippen LogP contribution in [0.25, 0.3) is 6.08 Å². The van der Waals surface area contributed by atoms with Gasteiger partial charge in [-0.25, -0.2) is 0 Å². The van der Waals surface area contributed by atoms with Crippen LogP contribution >= 0.6 is 0 Å². The van der Waals surface area contributed by atoms with E-state index in [-0.39, 0.29) is 30.8 Å². The van der Waals surface area contributed by atoms with Crippen LogP contribution in [0.5, 0.6) is 5.75 Å². The number of hydrogen-bond donors (Lipinski definition) is 2. The van der Waals surface area contributed by atoms with Gasteiger partial charge in [-0.2, -0.15) is 0 Å². The maximum Gasteiger partial charge on any atom is 0.320 e. The Morgan fingerprint density at radius 1 is 1.50 bits per heavy atom. The summed E-state index contributed by atoms with van der Waals surface area (Å²) in [4.78, 5) is 35.2. The zero-order valence-corrected chi connectivity index (χ0v) is 13.0. The van der Waals surface area contributed by atoms with Gasteiger partial charge < -0.3 is 20.5 Å². The third-order valence-electron chi connectivity index (χ3n) is 3.70. The van der Waals surface area contributed by atoms with Gasteiger partial charge in [-0.3, -0.25) is 19.7 Å². The lowest BCUT2D eigenvalue weighted by Gasteiger charge is -2.27. The first-order chi connectivity index (χ1) is 11.4. The van der Waals surface area contributed by atoms with E-state index in [2.05, 4.69) is 0 Å². The van der Waals surface area contributed by atoms with E-state index in [0.717, 1.165) is 0 Å². The molecule has 0 radical (unpaired) electrons. The van der Waals surface area contributed by atoms with Gasteiger partial charge in [-0.15, -0.1) is 0 Å². The molecule has 1 unspecified atom stereocenters. The number of aliphatic carboxylic acids is 1. The van der Waals surface area contributed by atoms with E-state index in [1.165, 1.54) is 24.1 Å². The van der Waals surface area contributed by atoms with E-state index in [1.54, 1.807) is 12.2 Å². The number of rotatable bonds is 6. The molecule has 1 aromatic carbocycles. The summed E-state index contributed by atoms with van der Waals surface area (Å²) < 4.78 is 5.20. The van der Waals surface area contributed by atoms with Gasteiger partial charge in [0.25, 0.3) is 5.69 Å². The van der Waals surface area contributed by atoms with E-state index < -0.39 is 22.8 Å². The van der Waals surface area contributed by atoms with Crippen LogP contribution in [0.1, 0.15) is 18.4 Å². The Labute approximate surface area is 137 Å². The fourth-order valence-corrected chi connectivity index (χ4v) is 2.48. The van der Waals surface area contributed by atoms with Crippen LogP contribution in [-0.4, -0.2) is 41.6 Å². The zero-order valence-electron chi connectivity index (χ0n) is 13.0. The Kier molecular flexibility index (Phi) is 5.14. The Hall–Kier alpha value is -2.94. The smallest absolute Gasteiger partial charge is 0.320 e. The molecule has 0 fully saturated rings. The van der Waals surface area contributed by atoms with Crippen LogP contribution in [0.2, 0.25) is 0 Å². The summed E-state index contributed by atoms with van der Waals surface area (Å²) in [6.07, 6.45) is 3.16. The number of methoxy groups -OCH3 is 1. The molecule has 1 heterocycles. The zero-order chi connectivity index (χ0) is 17.9. The number of nitro benzene ring substituents is 1. The Morgan fingerprint density at radius 2 is 2.21 bits per heavy atom. The van der Waals surface area contributed by atoms with Gasteiger partial charge in [0.15, 0.2) is 0 Å². The molecule has 0 saturated carbocycles. The molecule has 9 nitrogen and oxygen atoms in total. The lowest BCUT2D eigenvalue weighted by Crippen LogP contribution is -2.36. The summed E-state index contributed by atoms with van der Waals surface area (Å²) in [7, 11) is 1.43. The number of hydrogen-bond acceptors (Lipinski definition) is 6. The highest BCUT2D eigenvalue weighted by Crippen LogP contribution is 2.41. The summed E-state index contributed by atoms with van der Waals surface area (Å²) in [6, 6.07) is 1.59. The van der Waals surface area contributed by atoms with Gasteiger partial charge in [-0.05, 0) is 12.5 Å². The summed E-state index contributed by atoms with van der Waals surface area (Å²) in [5.41, 5.74) is 5.77. The number of carboxylic acids is 1. The first-order valence-corrected chi connectivity index (χ1v) is 7.17. The quantitative estimate of drug-likeness (QED) is 0.588. The van der Waals surface area contributed by atoms with Crippen LogP contribution in [0.4, 0.5) is 11.4 Å².